The Labute approximate surface area is 227 Å². The SMILES string of the molecule is CC[C@@H](C)NC(=O)[C@@H](CC)N(Cc1c(Cl)cccc1Cl)C(=O)CN(c1ccc2c(c1)OCO2)S(C)(=O)=O. The summed E-state index contributed by atoms with van der Waals surface area (Å²) in [5, 5.41) is 3.58. The Morgan fingerprint density at radius 2 is 1.70 bits per heavy atom. The van der Waals surface area contributed by atoms with Gasteiger partial charge in [-0.25, -0.2) is 8.42 Å². The molecule has 0 bridgehead atoms. The van der Waals surface area contributed by atoms with Crippen LogP contribution in [-0.2, 0) is 26.2 Å². The van der Waals surface area contributed by atoms with Crippen LogP contribution in [0.5, 0.6) is 11.5 Å². The molecule has 0 spiro atoms. The summed E-state index contributed by atoms with van der Waals surface area (Å²) in [6, 6.07) is 8.58. The molecule has 0 fully saturated rings. The first-order chi connectivity index (χ1) is 17.5. The van der Waals surface area contributed by atoms with Crippen LogP contribution in [0.1, 0.15) is 39.2 Å². The number of benzene rings is 2. The van der Waals surface area contributed by atoms with Gasteiger partial charge in [0.2, 0.25) is 28.6 Å². The fourth-order valence-corrected chi connectivity index (χ4v) is 5.23. The highest BCUT2D eigenvalue weighted by atomic mass is 35.5. The molecule has 2 aromatic rings. The maximum atomic E-state index is 13.8. The Kier molecular flexibility index (Phi) is 9.55. The fourth-order valence-electron chi connectivity index (χ4n) is 3.87. The Balaban J connectivity index is 1.99. The standard InChI is InChI=1S/C25H31Cl2N3O6S/c1-5-16(3)28-25(32)21(6-2)29(13-18-19(26)8-7-9-20(18)27)24(31)14-30(37(4,33)34)17-10-11-22-23(12-17)36-15-35-22/h7-12,16,21H,5-6,13-15H2,1-4H3,(H,28,32)/t16-,21-/m1/s1. The number of halogens is 2. The molecular formula is C25H31Cl2N3O6S. The number of hydrogen-bond donors (Lipinski definition) is 1. The lowest BCUT2D eigenvalue weighted by Crippen LogP contribution is -2.53. The van der Waals surface area contributed by atoms with Crippen molar-refractivity contribution in [3.63, 3.8) is 0 Å². The van der Waals surface area contributed by atoms with Gasteiger partial charge in [0, 0.05) is 34.3 Å². The number of nitrogens with one attached hydrogen (secondary N) is 1. The average molecular weight is 573 g/mol. The number of hydrogen-bond acceptors (Lipinski definition) is 6. The molecule has 0 saturated carbocycles. The van der Waals surface area contributed by atoms with Crippen LogP contribution in [0.15, 0.2) is 36.4 Å². The number of carbonyl (C=O) groups excluding carboxylic acids is 2. The lowest BCUT2D eigenvalue weighted by atomic mass is 10.1. The third kappa shape index (κ3) is 7.00. The molecule has 0 aromatic heterocycles. The number of amides is 2. The van der Waals surface area contributed by atoms with E-state index in [1.807, 2.05) is 13.8 Å². The van der Waals surface area contributed by atoms with Gasteiger partial charge in [-0.15, -0.1) is 0 Å². The first-order valence-electron chi connectivity index (χ1n) is 11.9. The predicted octanol–water partition coefficient (Wildman–Crippen LogP) is 4.21. The second-order valence-corrected chi connectivity index (χ2v) is 11.5. The van der Waals surface area contributed by atoms with E-state index < -0.39 is 28.5 Å². The topological polar surface area (TPSA) is 105 Å². The molecule has 37 heavy (non-hydrogen) atoms. The van der Waals surface area contributed by atoms with Gasteiger partial charge >= 0.3 is 0 Å². The van der Waals surface area contributed by atoms with Crippen LogP contribution >= 0.6 is 23.2 Å². The van der Waals surface area contributed by atoms with Crippen LogP contribution in [0, 0.1) is 0 Å². The van der Waals surface area contributed by atoms with Crippen molar-refractivity contribution < 1.29 is 27.5 Å². The maximum absolute atomic E-state index is 13.8. The number of rotatable bonds is 11. The molecule has 1 aliphatic heterocycles. The summed E-state index contributed by atoms with van der Waals surface area (Å²) in [5.41, 5.74) is 0.691. The number of carbonyl (C=O) groups is 2. The molecule has 2 amide bonds. The van der Waals surface area contributed by atoms with Gasteiger partial charge in [0.25, 0.3) is 0 Å². The number of sulfonamides is 1. The molecular weight excluding hydrogens is 541 g/mol. The summed E-state index contributed by atoms with van der Waals surface area (Å²) in [4.78, 5) is 28.3. The molecule has 1 heterocycles. The van der Waals surface area contributed by atoms with E-state index in [1.54, 1.807) is 31.2 Å². The van der Waals surface area contributed by atoms with Crippen LogP contribution in [0.4, 0.5) is 5.69 Å². The highest BCUT2D eigenvalue weighted by Gasteiger charge is 2.33. The van der Waals surface area contributed by atoms with Crippen molar-refractivity contribution in [1.29, 1.82) is 0 Å². The van der Waals surface area contributed by atoms with Gasteiger partial charge in [-0.1, -0.05) is 43.1 Å². The third-order valence-electron chi connectivity index (χ3n) is 6.10. The summed E-state index contributed by atoms with van der Waals surface area (Å²) < 4.78 is 37.2. The molecule has 3 rings (SSSR count). The normalized spacial score (nSPS) is 14.1. The van der Waals surface area contributed by atoms with E-state index in [0.717, 1.165) is 10.6 Å². The molecule has 2 aromatic carbocycles. The van der Waals surface area contributed by atoms with E-state index in [9.17, 15) is 18.0 Å². The van der Waals surface area contributed by atoms with Crippen LogP contribution in [0.3, 0.4) is 0 Å². The zero-order chi connectivity index (χ0) is 27.3. The van der Waals surface area contributed by atoms with Gasteiger partial charge in [-0.2, -0.15) is 0 Å². The van der Waals surface area contributed by atoms with Crippen molar-refractivity contribution >= 4 is 50.7 Å². The molecule has 202 valence electrons. The van der Waals surface area contributed by atoms with Crippen LogP contribution in [-0.4, -0.2) is 56.8 Å². The largest absolute Gasteiger partial charge is 0.454 e. The third-order valence-corrected chi connectivity index (χ3v) is 7.95. The smallest absolute Gasteiger partial charge is 0.244 e. The van der Waals surface area contributed by atoms with E-state index in [0.29, 0.717) is 39.9 Å². The molecule has 0 aliphatic carbocycles. The summed E-state index contributed by atoms with van der Waals surface area (Å²) in [6.07, 6.45) is 2.00. The number of nitrogens with zero attached hydrogens (tertiary/aromatic N) is 2. The van der Waals surface area contributed by atoms with Crippen molar-refractivity contribution in [3.05, 3.63) is 52.0 Å². The lowest BCUT2D eigenvalue weighted by molar-refractivity contribution is -0.140. The van der Waals surface area contributed by atoms with Gasteiger partial charge in [0.1, 0.15) is 12.6 Å². The van der Waals surface area contributed by atoms with Crippen LogP contribution in [0.2, 0.25) is 10.0 Å². The van der Waals surface area contributed by atoms with Gasteiger partial charge in [-0.3, -0.25) is 13.9 Å². The minimum absolute atomic E-state index is 0.0203. The van der Waals surface area contributed by atoms with Crippen LogP contribution in [0.25, 0.3) is 0 Å². The van der Waals surface area contributed by atoms with Gasteiger partial charge in [-0.05, 0) is 44.0 Å². The van der Waals surface area contributed by atoms with E-state index in [-0.39, 0.29) is 31.0 Å². The first kappa shape index (κ1) is 28.9. The van der Waals surface area contributed by atoms with Crippen molar-refractivity contribution in [1.82, 2.24) is 10.2 Å². The van der Waals surface area contributed by atoms with E-state index in [4.69, 9.17) is 32.7 Å². The molecule has 0 radical (unpaired) electrons. The zero-order valence-corrected chi connectivity index (χ0v) is 23.5. The first-order valence-corrected chi connectivity index (χ1v) is 14.5. The van der Waals surface area contributed by atoms with Crippen molar-refractivity contribution in [3.8, 4) is 11.5 Å². The minimum atomic E-state index is -3.89. The fraction of sp³-hybridized carbons (Fsp3) is 0.440. The monoisotopic (exact) mass is 571 g/mol. The zero-order valence-electron chi connectivity index (χ0n) is 21.2. The summed E-state index contributed by atoms with van der Waals surface area (Å²) in [5.74, 6) is -0.0865. The van der Waals surface area contributed by atoms with E-state index in [1.165, 1.54) is 17.0 Å². The Bertz CT molecular complexity index is 1240. The highest BCUT2D eigenvalue weighted by Crippen LogP contribution is 2.36. The number of anilines is 1. The molecule has 0 saturated heterocycles. The van der Waals surface area contributed by atoms with E-state index in [2.05, 4.69) is 5.32 Å². The second-order valence-electron chi connectivity index (χ2n) is 8.77. The van der Waals surface area contributed by atoms with Crippen LogP contribution < -0.4 is 19.1 Å². The molecule has 0 unspecified atom stereocenters. The minimum Gasteiger partial charge on any atom is -0.454 e. The number of ether oxygens (including phenoxy) is 2. The Morgan fingerprint density at radius 1 is 1.05 bits per heavy atom. The molecule has 9 nitrogen and oxygen atoms in total. The van der Waals surface area contributed by atoms with Crippen molar-refractivity contribution in [2.75, 3.05) is 23.9 Å². The number of fused-ring (bicyclic) bond motifs is 1. The molecule has 12 heteroatoms. The summed E-state index contributed by atoms with van der Waals surface area (Å²) in [7, 11) is -3.89. The van der Waals surface area contributed by atoms with Gasteiger partial charge < -0.3 is 19.7 Å². The Hall–Kier alpha value is -2.69. The van der Waals surface area contributed by atoms with E-state index >= 15 is 0 Å². The highest BCUT2D eigenvalue weighted by molar-refractivity contribution is 7.92. The van der Waals surface area contributed by atoms with Crippen molar-refractivity contribution in [2.45, 2.75) is 52.2 Å². The quantitative estimate of drug-likeness (QED) is 0.433. The second kappa shape index (κ2) is 12.2. The van der Waals surface area contributed by atoms with Gasteiger partial charge in [0.05, 0.1) is 11.9 Å². The summed E-state index contributed by atoms with van der Waals surface area (Å²) >= 11 is 12.8. The van der Waals surface area contributed by atoms with Crippen molar-refractivity contribution in [2.24, 2.45) is 0 Å². The Morgan fingerprint density at radius 3 is 2.30 bits per heavy atom. The molecule has 1 aliphatic rings. The molecule has 2 atom stereocenters. The average Bonchev–Trinajstić information content (AvgIpc) is 3.31. The van der Waals surface area contributed by atoms with Gasteiger partial charge in [0.15, 0.2) is 11.5 Å². The summed E-state index contributed by atoms with van der Waals surface area (Å²) in [6.45, 7) is 4.98. The lowest BCUT2D eigenvalue weighted by Gasteiger charge is -2.33. The molecule has 1 N–H and O–H groups in total. The predicted molar refractivity (Wildman–Crippen MR) is 144 cm³/mol. The maximum Gasteiger partial charge on any atom is 0.244 e.